The molecule has 5 rings (SSSR count). The van der Waals surface area contributed by atoms with Gasteiger partial charge in [0.15, 0.2) is 11.2 Å². The summed E-state index contributed by atoms with van der Waals surface area (Å²) in [6.45, 7) is 0.362. The third-order valence-corrected chi connectivity index (χ3v) is 5.52. The Morgan fingerprint density at radius 2 is 1.61 bits per heavy atom. The molecule has 1 amide bonds. The largest absolute Gasteiger partial charge is 0.451 e. The molecule has 0 spiro atoms. The van der Waals surface area contributed by atoms with Gasteiger partial charge in [-0.1, -0.05) is 60.7 Å². The third kappa shape index (κ3) is 3.62. The molecule has 3 aromatic carbocycles. The van der Waals surface area contributed by atoms with Crippen LogP contribution in [0.1, 0.15) is 27.6 Å². The summed E-state index contributed by atoms with van der Waals surface area (Å²) in [4.78, 5) is 28.5. The van der Waals surface area contributed by atoms with E-state index in [1.165, 1.54) is 6.07 Å². The zero-order chi connectivity index (χ0) is 21.2. The normalized spacial score (nSPS) is 12.1. The number of benzene rings is 3. The first-order valence-electron chi connectivity index (χ1n) is 10.1. The molecule has 0 aliphatic rings. The van der Waals surface area contributed by atoms with Crippen molar-refractivity contribution in [2.75, 3.05) is 6.54 Å². The third-order valence-electron chi connectivity index (χ3n) is 5.52. The molecule has 0 aliphatic heterocycles. The molecule has 0 saturated carbocycles. The highest BCUT2D eigenvalue weighted by atomic mass is 16.3. The number of rotatable bonds is 5. The molecule has 1 unspecified atom stereocenters. The second-order valence-electron chi connectivity index (χ2n) is 7.43. The van der Waals surface area contributed by atoms with Crippen LogP contribution in [-0.2, 0) is 0 Å². The molecule has 5 aromatic rings. The topological polar surface area (TPSA) is 75.1 Å². The average Bonchev–Trinajstić information content (AvgIpc) is 3.24. The van der Waals surface area contributed by atoms with Gasteiger partial charge in [0.2, 0.25) is 0 Å². The van der Waals surface area contributed by atoms with E-state index in [0.29, 0.717) is 17.5 Å². The van der Waals surface area contributed by atoms with E-state index in [4.69, 9.17) is 4.42 Å². The number of hydrogen-bond donors (Lipinski definition) is 2. The van der Waals surface area contributed by atoms with Gasteiger partial charge >= 0.3 is 0 Å². The lowest BCUT2D eigenvalue weighted by Crippen LogP contribution is -2.29. The Kier molecular flexibility index (Phi) is 4.84. The fraction of sp³-hybridized carbons (Fsp3) is 0.0769. The molecule has 1 atom stereocenters. The number of nitrogens with one attached hydrogen (secondary N) is 2. The summed E-state index contributed by atoms with van der Waals surface area (Å²) in [6.07, 6.45) is 1.99. The molecular formula is C26H20N2O3. The number of carbonyl (C=O) groups is 1. The molecule has 2 N–H and O–H groups in total. The molecule has 5 heteroatoms. The molecule has 5 nitrogen and oxygen atoms in total. The van der Waals surface area contributed by atoms with E-state index in [0.717, 1.165) is 22.0 Å². The van der Waals surface area contributed by atoms with Crippen LogP contribution < -0.4 is 10.7 Å². The van der Waals surface area contributed by atoms with Gasteiger partial charge in [-0.05, 0) is 29.3 Å². The minimum atomic E-state index is -0.413. The molecule has 2 heterocycles. The standard InChI is InChI=1S/C26H20N2O3/c29-23-14-25(31-24-13-7-5-11-19(23)24)26(30)28-15-20(17-8-2-1-3-9-17)21-16-27-22-12-6-4-10-18(21)22/h1-14,16,20,27H,15H2,(H,28,30). The molecule has 31 heavy (non-hydrogen) atoms. The van der Waals surface area contributed by atoms with E-state index < -0.39 is 5.91 Å². The number of amides is 1. The van der Waals surface area contributed by atoms with Gasteiger partial charge in [0.1, 0.15) is 5.58 Å². The smallest absolute Gasteiger partial charge is 0.287 e. The van der Waals surface area contributed by atoms with E-state index in [1.807, 2.05) is 42.6 Å². The van der Waals surface area contributed by atoms with Crippen molar-refractivity contribution in [3.05, 3.63) is 118 Å². The Bertz CT molecular complexity index is 1430. The van der Waals surface area contributed by atoms with Crippen molar-refractivity contribution in [3.63, 3.8) is 0 Å². The quantitative estimate of drug-likeness (QED) is 0.437. The van der Waals surface area contributed by atoms with Crippen LogP contribution in [0, 0.1) is 0 Å². The first-order valence-corrected chi connectivity index (χ1v) is 10.1. The zero-order valence-corrected chi connectivity index (χ0v) is 16.7. The van der Waals surface area contributed by atoms with Crippen LogP contribution in [-0.4, -0.2) is 17.4 Å². The van der Waals surface area contributed by atoms with E-state index in [2.05, 4.69) is 28.5 Å². The molecule has 2 aromatic heterocycles. The number of fused-ring (bicyclic) bond motifs is 2. The van der Waals surface area contributed by atoms with Crippen molar-refractivity contribution < 1.29 is 9.21 Å². The summed E-state index contributed by atoms with van der Waals surface area (Å²) >= 11 is 0. The van der Waals surface area contributed by atoms with Crippen LogP contribution >= 0.6 is 0 Å². The van der Waals surface area contributed by atoms with Crippen molar-refractivity contribution in [1.82, 2.24) is 10.3 Å². The lowest BCUT2D eigenvalue weighted by molar-refractivity contribution is 0.0925. The molecule has 0 bridgehead atoms. The maximum Gasteiger partial charge on any atom is 0.287 e. The monoisotopic (exact) mass is 408 g/mol. The first kappa shape index (κ1) is 18.9. The Morgan fingerprint density at radius 3 is 2.45 bits per heavy atom. The second kappa shape index (κ2) is 7.95. The van der Waals surface area contributed by atoms with Gasteiger partial charge in [-0.3, -0.25) is 9.59 Å². The zero-order valence-electron chi connectivity index (χ0n) is 16.7. The van der Waals surface area contributed by atoms with Gasteiger partial charge in [0, 0.05) is 35.6 Å². The van der Waals surface area contributed by atoms with Gasteiger partial charge in [-0.25, -0.2) is 0 Å². The lowest BCUT2D eigenvalue weighted by Gasteiger charge is -2.18. The Morgan fingerprint density at radius 1 is 0.903 bits per heavy atom. The summed E-state index contributed by atoms with van der Waals surface area (Å²) in [5.74, 6) is -0.466. The van der Waals surface area contributed by atoms with Gasteiger partial charge in [0.25, 0.3) is 5.91 Å². The van der Waals surface area contributed by atoms with Crippen molar-refractivity contribution in [3.8, 4) is 0 Å². The fourth-order valence-electron chi connectivity index (χ4n) is 3.97. The van der Waals surface area contributed by atoms with Gasteiger partial charge in [-0.2, -0.15) is 0 Å². The van der Waals surface area contributed by atoms with Gasteiger partial charge < -0.3 is 14.7 Å². The highest BCUT2D eigenvalue weighted by Crippen LogP contribution is 2.30. The van der Waals surface area contributed by atoms with Gasteiger partial charge in [-0.15, -0.1) is 0 Å². The molecule has 0 radical (unpaired) electrons. The highest BCUT2D eigenvalue weighted by Gasteiger charge is 2.20. The minimum Gasteiger partial charge on any atom is -0.451 e. The van der Waals surface area contributed by atoms with Crippen LogP contribution in [0.4, 0.5) is 0 Å². The summed E-state index contributed by atoms with van der Waals surface area (Å²) < 4.78 is 5.69. The van der Waals surface area contributed by atoms with Crippen molar-refractivity contribution in [2.24, 2.45) is 0 Å². The minimum absolute atomic E-state index is 0.00874. The lowest BCUT2D eigenvalue weighted by atomic mass is 9.91. The van der Waals surface area contributed by atoms with E-state index in [9.17, 15) is 9.59 Å². The van der Waals surface area contributed by atoms with Crippen LogP contribution in [0.5, 0.6) is 0 Å². The molecule has 0 aliphatic carbocycles. The maximum absolute atomic E-state index is 12.9. The average molecular weight is 408 g/mol. The molecule has 0 fully saturated rings. The van der Waals surface area contributed by atoms with Crippen molar-refractivity contribution in [1.29, 1.82) is 0 Å². The Labute approximate surface area is 178 Å². The summed E-state index contributed by atoms with van der Waals surface area (Å²) in [5, 5.41) is 4.53. The Balaban J connectivity index is 1.47. The first-order chi connectivity index (χ1) is 15.2. The number of carbonyl (C=O) groups excluding carboxylic acids is 1. The predicted molar refractivity (Wildman–Crippen MR) is 121 cm³/mol. The number of aromatic amines is 1. The van der Waals surface area contributed by atoms with E-state index in [1.54, 1.807) is 24.3 Å². The number of para-hydroxylation sites is 2. The number of hydrogen-bond acceptors (Lipinski definition) is 3. The van der Waals surface area contributed by atoms with Crippen LogP contribution in [0.2, 0.25) is 0 Å². The highest BCUT2D eigenvalue weighted by molar-refractivity contribution is 5.93. The van der Waals surface area contributed by atoms with Crippen molar-refractivity contribution in [2.45, 2.75) is 5.92 Å². The number of aromatic nitrogens is 1. The number of H-pyrrole nitrogens is 1. The summed E-state index contributed by atoms with van der Waals surface area (Å²) in [7, 11) is 0. The second-order valence-corrected chi connectivity index (χ2v) is 7.43. The maximum atomic E-state index is 12.9. The van der Waals surface area contributed by atoms with E-state index in [-0.39, 0.29) is 17.1 Å². The van der Waals surface area contributed by atoms with E-state index >= 15 is 0 Å². The van der Waals surface area contributed by atoms with Crippen molar-refractivity contribution >= 4 is 27.8 Å². The van der Waals surface area contributed by atoms with Crippen LogP contribution in [0.25, 0.3) is 21.9 Å². The van der Waals surface area contributed by atoms with Gasteiger partial charge in [0.05, 0.1) is 5.39 Å². The van der Waals surface area contributed by atoms with Crippen LogP contribution in [0.3, 0.4) is 0 Å². The Hall–Kier alpha value is -4.12. The fourth-order valence-corrected chi connectivity index (χ4v) is 3.97. The molecule has 0 saturated heterocycles. The van der Waals surface area contributed by atoms with Crippen LogP contribution in [0.15, 0.2) is 100 Å². The SMILES string of the molecule is O=C(NCC(c1ccccc1)c1c[nH]c2ccccc12)c1cc(=O)c2ccccc2o1. The summed E-state index contributed by atoms with van der Waals surface area (Å²) in [5.41, 5.74) is 3.40. The predicted octanol–water partition coefficient (Wildman–Crippen LogP) is 4.84. The molecular weight excluding hydrogens is 388 g/mol. The molecule has 152 valence electrons. The summed E-state index contributed by atoms with van der Waals surface area (Å²) in [6, 6.07) is 26.3.